The van der Waals surface area contributed by atoms with E-state index in [0.717, 1.165) is 31.1 Å². The van der Waals surface area contributed by atoms with Gasteiger partial charge in [-0.1, -0.05) is 29.8 Å². The Morgan fingerprint density at radius 3 is 2.89 bits per heavy atom. The molecule has 1 aliphatic heterocycles. The lowest BCUT2D eigenvalue weighted by Gasteiger charge is -2.21. The zero-order valence-corrected chi connectivity index (χ0v) is 11.8. The molecule has 1 aromatic rings. The van der Waals surface area contributed by atoms with Crippen LogP contribution in [0.5, 0.6) is 0 Å². The van der Waals surface area contributed by atoms with E-state index in [9.17, 15) is 0 Å². The lowest BCUT2D eigenvalue weighted by molar-refractivity contribution is 0.116. The summed E-state index contributed by atoms with van der Waals surface area (Å²) in [7, 11) is 3.91. The minimum absolute atomic E-state index is 0.365. The maximum Gasteiger partial charge on any atom is 0.0711 e. The summed E-state index contributed by atoms with van der Waals surface area (Å²) in [5, 5.41) is 4.34. The van der Waals surface area contributed by atoms with E-state index in [-0.39, 0.29) is 0 Å². The van der Waals surface area contributed by atoms with Crippen molar-refractivity contribution in [1.29, 1.82) is 0 Å². The highest BCUT2D eigenvalue weighted by atomic mass is 35.5. The summed E-state index contributed by atoms with van der Waals surface area (Å²) in [4.78, 5) is 2.30. The van der Waals surface area contributed by atoms with Crippen molar-refractivity contribution < 1.29 is 4.74 Å². The highest BCUT2D eigenvalue weighted by Crippen LogP contribution is 2.17. The molecule has 0 amide bonds. The van der Waals surface area contributed by atoms with E-state index >= 15 is 0 Å². The summed E-state index contributed by atoms with van der Waals surface area (Å²) in [6.45, 7) is 2.86. The van der Waals surface area contributed by atoms with Crippen LogP contribution in [0.1, 0.15) is 12.0 Å². The molecule has 0 aliphatic carbocycles. The van der Waals surface area contributed by atoms with Gasteiger partial charge in [-0.3, -0.25) is 0 Å². The second-order valence-corrected chi connectivity index (χ2v) is 5.39. The van der Waals surface area contributed by atoms with E-state index < -0.39 is 0 Å². The number of nitrogens with zero attached hydrogens (tertiary/aromatic N) is 1. The molecular weight excluding hydrogens is 248 g/mol. The van der Waals surface area contributed by atoms with Crippen LogP contribution in [0.25, 0.3) is 0 Å². The van der Waals surface area contributed by atoms with Gasteiger partial charge >= 0.3 is 0 Å². The second-order valence-electron chi connectivity index (χ2n) is 4.99. The molecule has 1 N–H and O–H groups in total. The normalized spacial score (nSPS) is 23.8. The maximum atomic E-state index is 6.17. The van der Waals surface area contributed by atoms with Crippen LogP contribution in [-0.2, 0) is 11.3 Å². The van der Waals surface area contributed by atoms with Crippen LogP contribution in [0.4, 0.5) is 0 Å². The molecule has 2 unspecified atom stereocenters. The molecule has 0 aromatic heterocycles. The quantitative estimate of drug-likeness (QED) is 0.886. The third-order valence-corrected chi connectivity index (χ3v) is 3.81. The Bertz CT molecular complexity index is 386. The second kappa shape index (κ2) is 6.53. The summed E-state index contributed by atoms with van der Waals surface area (Å²) in [6, 6.07) is 8.54. The van der Waals surface area contributed by atoms with Gasteiger partial charge in [-0.05, 0) is 25.1 Å². The summed E-state index contributed by atoms with van der Waals surface area (Å²) in [5.74, 6) is 0. The molecule has 2 atom stereocenters. The molecule has 0 spiro atoms. The number of likely N-dealkylation sites (N-methyl/N-ethyl adjacent to an activating group) is 1. The molecule has 1 aliphatic rings. The molecule has 1 heterocycles. The first-order valence-corrected chi connectivity index (χ1v) is 6.75. The van der Waals surface area contributed by atoms with Crippen LogP contribution in [0, 0.1) is 0 Å². The number of halogens is 1. The Morgan fingerprint density at radius 2 is 2.22 bits per heavy atom. The van der Waals surface area contributed by atoms with E-state index in [4.69, 9.17) is 16.3 Å². The minimum Gasteiger partial charge on any atom is -0.380 e. The van der Waals surface area contributed by atoms with Gasteiger partial charge in [0, 0.05) is 37.8 Å². The molecule has 1 aromatic carbocycles. The third kappa shape index (κ3) is 3.69. The summed E-state index contributed by atoms with van der Waals surface area (Å²) < 4.78 is 5.36. The van der Waals surface area contributed by atoms with Crippen LogP contribution in [-0.4, -0.2) is 44.3 Å². The van der Waals surface area contributed by atoms with Crippen molar-refractivity contribution in [2.45, 2.75) is 25.1 Å². The minimum atomic E-state index is 0.365. The molecule has 1 saturated heterocycles. The first-order chi connectivity index (χ1) is 8.69. The number of ether oxygens (including phenoxy) is 1. The van der Waals surface area contributed by atoms with Gasteiger partial charge < -0.3 is 15.0 Å². The highest BCUT2D eigenvalue weighted by molar-refractivity contribution is 6.31. The van der Waals surface area contributed by atoms with E-state index in [0.29, 0.717) is 12.1 Å². The Hall–Kier alpha value is -0.610. The Kier molecular flexibility index (Phi) is 5.01. The predicted molar refractivity (Wildman–Crippen MR) is 75.0 cm³/mol. The first-order valence-electron chi connectivity index (χ1n) is 6.37. The zero-order chi connectivity index (χ0) is 13.0. The van der Waals surface area contributed by atoms with Crippen molar-refractivity contribution in [1.82, 2.24) is 10.2 Å². The van der Waals surface area contributed by atoms with Crippen LogP contribution < -0.4 is 5.32 Å². The number of benzene rings is 1. The van der Waals surface area contributed by atoms with Crippen molar-refractivity contribution in [3.05, 3.63) is 34.9 Å². The van der Waals surface area contributed by atoms with Crippen LogP contribution in [0.3, 0.4) is 0 Å². The van der Waals surface area contributed by atoms with Crippen molar-refractivity contribution >= 4 is 11.6 Å². The van der Waals surface area contributed by atoms with Gasteiger partial charge in [0.05, 0.1) is 6.10 Å². The third-order valence-electron chi connectivity index (χ3n) is 3.45. The molecule has 2 rings (SSSR count). The average Bonchev–Trinajstić information content (AvgIpc) is 2.80. The number of rotatable bonds is 5. The average molecular weight is 269 g/mol. The lowest BCUT2D eigenvalue weighted by Crippen LogP contribution is -2.34. The lowest BCUT2D eigenvalue weighted by atomic mass is 10.1. The van der Waals surface area contributed by atoms with Crippen LogP contribution >= 0.6 is 11.6 Å². The molecule has 4 heteroatoms. The molecule has 0 radical (unpaired) electrons. The van der Waals surface area contributed by atoms with E-state index in [2.05, 4.69) is 23.3 Å². The fourth-order valence-electron chi connectivity index (χ4n) is 2.46. The number of hydrogen-bond acceptors (Lipinski definition) is 3. The predicted octanol–water partition coefficient (Wildman–Crippen LogP) is 2.15. The van der Waals surface area contributed by atoms with Crippen molar-refractivity contribution in [2.75, 3.05) is 27.2 Å². The van der Waals surface area contributed by atoms with Gasteiger partial charge in [-0.2, -0.15) is 0 Å². The van der Waals surface area contributed by atoms with Gasteiger partial charge in [0.2, 0.25) is 0 Å². The topological polar surface area (TPSA) is 24.5 Å². The zero-order valence-electron chi connectivity index (χ0n) is 11.0. The SMILES string of the molecule is COC1CNC(CN(C)Cc2ccccc2Cl)C1. The van der Waals surface area contributed by atoms with Gasteiger partial charge in [-0.25, -0.2) is 0 Å². The monoisotopic (exact) mass is 268 g/mol. The maximum absolute atomic E-state index is 6.17. The standard InChI is InChI=1S/C14H21ClN2O/c1-17(9-11-5-3-4-6-14(11)15)10-12-7-13(18-2)8-16-12/h3-6,12-13,16H,7-10H2,1-2H3. The molecular formula is C14H21ClN2O. The van der Waals surface area contributed by atoms with E-state index in [1.807, 2.05) is 18.2 Å². The number of methoxy groups -OCH3 is 1. The number of nitrogens with one attached hydrogen (secondary N) is 1. The highest BCUT2D eigenvalue weighted by Gasteiger charge is 2.24. The first kappa shape index (κ1) is 13.8. The van der Waals surface area contributed by atoms with Crippen LogP contribution in [0.15, 0.2) is 24.3 Å². The summed E-state index contributed by atoms with van der Waals surface area (Å²) >= 11 is 6.17. The molecule has 3 nitrogen and oxygen atoms in total. The van der Waals surface area contributed by atoms with Crippen LogP contribution in [0.2, 0.25) is 5.02 Å². The fourth-order valence-corrected chi connectivity index (χ4v) is 2.65. The fraction of sp³-hybridized carbons (Fsp3) is 0.571. The summed E-state index contributed by atoms with van der Waals surface area (Å²) in [5.41, 5.74) is 1.18. The smallest absolute Gasteiger partial charge is 0.0711 e. The Morgan fingerprint density at radius 1 is 1.44 bits per heavy atom. The summed E-state index contributed by atoms with van der Waals surface area (Å²) in [6.07, 6.45) is 1.45. The van der Waals surface area contributed by atoms with Crippen molar-refractivity contribution in [2.24, 2.45) is 0 Å². The molecule has 0 saturated carbocycles. The van der Waals surface area contributed by atoms with Gasteiger partial charge in [0.15, 0.2) is 0 Å². The van der Waals surface area contributed by atoms with E-state index in [1.54, 1.807) is 7.11 Å². The Labute approximate surface area is 114 Å². The molecule has 1 fully saturated rings. The largest absolute Gasteiger partial charge is 0.380 e. The van der Waals surface area contributed by atoms with Crippen molar-refractivity contribution in [3.8, 4) is 0 Å². The van der Waals surface area contributed by atoms with E-state index in [1.165, 1.54) is 5.56 Å². The number of hydrogen-bond donors (Lipinski definition) is 1. The van der Waals surface area contributed by atoms with Gasteiger partial charge in [0.25, 0.3) is 0 Å². The Balaban J connectivity index is 1.82. The van der Waals surface area contributed by atoms with Gasteiger partial charge in [-0.15, -0.1) is 0 Å². The molecule has 0 bridgehead atoms. The molecule has 18 heavy (non-hydrogen) atoms. The van der Waals surface area contributed by atoms with Crippen molar-refractivity contribution in [3.63, 3.8) is 0 Å². The molecule has 100 valence electrons. The van der Waals surface area contributed by atoms with Gasteiger partial charge in [0.1, 0.15) is 0 Å².